The molecule has 1 aromatic rings. The number of rotatable bonds is 8. The molecule has 0 aromatic carbocycles. The van der Waals surface area contributed by atoms with Gasteiger partial charge in [-0.3, -0.25) is 14.6 Å². The lowest BCUT2D eigenvalue weighted by Gasteiger charge is -2.27. The van der Waals surface area contributed by atoms with Crippen molar-refractivity contribution in [2.75, 3.05) is 26.7 Å². The molecule has 2 amide bonds. The van der Waals surface area contributed by atoms with Crippen molar-refractivity contribution < 1.29 is 14.0 Å². The van der Waals surface area contributed by atoms with Crippen LogP contribution >= 0.6 is 23.2 Å². The number of amides is 2. The minimum absolute atomic E-state index is 0.0576. The van der Waals surface area contributed by atoms with Crippen LogP contribution < -0.4 is 5.32 Å². The Bertz CT molecular complexity index is 986. The largest absolute Gasteiger partial charge is 0.353 e. The molecule has 198 valence electrons. The molecule has 10 heteroatoms. The van der Waals surface area contributed by atoms with Gasteiger partial charge < -0.3 is 10.2 Å². The van der Waals surface area contributed by atoms with E-state index in [9.17, 15) is 14.0 Å². The number of nitrogens with one attached hydrogen (secondary N) is 1. The van der Waals surface area contributed by atoms with Gasteiger partial charge in [-0.2, -0.15) is 5.10 Å². The van der Waals surface area contributed by atoms with Crippen molar-refractivity contribution in [2.24, 2.45) is 5.10 Å². The second-order valence-electron chi connectivity index (χ2n) is 6.81. The van der Waals surface area contributed by atoms with Gasteiger partial charge in [-0.15, -0.1) is 0 Å². The Morgan fingerprint density at radius 1 is 1.31 bits per heavy atom. The fourth-order valence-corrected chi connectivity index (χ4v) is 3.00. The van der Waals surface area contributed by atoms with Gasteiger partial charge in [-0.25, -0.2) is 9.37 Å². The summed E-state index contributed by atoms with van der Waals surface area (Å²) in [7, 11) is 1.64. The zero-order valence-electron chi connectivity index (χ0n) is 21.8. The predicted molar refractivity (Wildman–Crippen MR) is 148 cm³/mol. The lowest BCUT2D eigenvalue weighted by Crippen LogP contribution is -2.51. The first-order valence-electron chi connectivity index (χ1n) is 11.8. The number of piperazine rings is 1. The molecule has 1 aromatic heterocycles. The van der Waals surface area contributed by atoms with Crippen molar-refractivity contribution in [1.29, 1.82) is 0 Å². The number of hydrazone groups is 1. The van der Waals surface area contributed by atoms with E-state index in [0.29, 0.717) is 30.4 Å². The maximum absolute atomic E-state index is 13.3. The van der Waals surface area contributed by atoms with E-state index in [0.717, 1.165) is 5.56 Å². The van der Waals surface area contributed by atoms with Crippen LogP contribution in [0.15, 0.2) is 64.8 Å². The zero-order valence-corrected chi connectivity index (χ0v) is 23.3. The van der Waals surface area contributed by atoms with E-state index in [1.165, 1.54) is 28.4 Å². The normalized spacial score (nSPS) is 14.6. The average molecular weight is 541 g/mol. The molecule has 0 bridgehead atoms. The Labute approximate surface area is 224 Å². The van der Waals surface area contributed by atoms with Crippen molar-refractivity contribution in [1.82, 2.24) is 20.2 Å². The summed E-state index contributed by atoms with van der Waals surface area (Å²) in [5.74, 6) is -1.02. The molecular formula is C26H36Cl2FN5O2. The number of hydrogen-bond acceptors (Lipinski definition) is 5. The maximum Gasteiger partial charge on any atom is 0.274 e. The smallest absolute Gasteiger partial charge is 0.274 e. The molecule has 0 radical (unpaired) electrons. The van der Waals surface area contributed by atoms with E-state index < -0.39 is 5.91 Å². The Morgan fingerprint density at radius 2 is 2.00 bits per heavy atom. The molecule has 1 N–H and O–H groups in total. The van der Waals surface area contributed by atoms with Crippen LogP contribution in [0.1, 0.15) is 46.6 Å². The Hall–Kier alpha value is -2.97. The summed E-state index contributed by atoms with van der Waals surface area (Å²) < 4.78 is 13.3. The Morgan fingerprint density at radius 3 is 2.58 bits per heavy atom. The number of carbonyl (C=O) groups is 2. The standard InChI is InChI=1S/C22H24Cl2FN5O2.2C2H6/c1-16(25)5-7-18(4-3-10-23)29(2)28-19(8-6-17-9-11-26-20(24)14-17)22(32)30-13-12-27-21(31)15-30;2*1-2/h3,5-11,14H,4,12-13,15H2,1-2H3,(H,27,31);2*1-2H3/b8-6+,10-3+,16-5+,18-7+,28-19+;;. The molecule has 1 aliphatic rings. The summed E-state index contributed by atoms with van der Waals surface area (Å²) in [6.07, 6.45) is 9.66. The minimum atomic E-state index is -0.410. The predicted octanol–water partition coefficient (Wildman–Crippen LogP) is 5.95. The third-order valence-corrected chi connectivity index (χ3v) is 4.71. The summed E-state index contributed by atoms with van der Waals surface area (Å²) in [5, 5.41) is 8.91. The van der Waals surface area contributed by atoms with Gasteiger partial charge in [0.1, 0.15) is 10.9 Å². The highest BCUT2D eigenvalue weighted by Gasteiger charge is 2.24. The fourth-order valence-electron chi connectivity index (χ4n) is 2.73. The SMILES string of the molecule is C/C(F)=C\C=C(/C/C=C/Cl)N(C)/N=C(\C=C\c1ccnc(Cl)c1)C(=O)N1CCNC(=O)C1.CC.CC. The van der Waals surface area contributed by atoms with E-state index in [1.54, 1.807) is 49.7 Å². The van der Waals surface area contributed by atoms with E-state index in [-0.39, 0.29) is 24.0 Å². The summed E-state index contributed by atoms with van der Waals surface area (Å²) >= 11 is 11.6. The minimum Gasteiger partial charge on any atom is -0.353 e. The fraction of sp³-hybridized carbons (Fsp3) is 0.385. The van der Waals surface area contributed by atoms with Gasteiger partial charge in [-0.05, 0) is 42.8 Å². The maximum atomic E-state index is 13.3. The van der Waals surface area contributed by atoms with Gasteiger partial charge in [0.05, 0.1) is 12.4 Å². The molecule has 0 aliphatic carbocycles. The molecule has 36 heavy (non-hydrogen) atoms. The van der Waals surface area contributed by atoms with E-state index in [4.69, 9.17) is 23.2 Å². The second kappa shape index (κ2) is 19.2. The number of nitrogens with zero attached hydrogens (tertiary/aromatic N) is 4. The molecule has 2 rings (SSSR count). The number of aromatic nitrogens is 1. The van der Waals surface area contributed by atoms with Crippen LogP contribution in [0.4, 0.5) is 4.39 Å². The quantitative estimate of drug-likeness (QED) is 0.191. The van der Waals surface area contributed by atoms with Crippen molar-refractivity contribution >= 4 is 46.8 Å². The molecular weight excluding hydrogens is 504 g/mol. The average Bonchev–Trinajstić information content (AvgIpc) is 2.88. The van der Waals surface area contributed by atoms with Crippen LogP contribution in [0.3, 0.4) is 0 Å². The third kappa shape index (κ3) is 12.7. The highest BCUT2D eigenvalue weighted by atomic mass is 35.5. The van der Waals surface area contributed by atoms with Crippen LogP contribution in [0.25, 0.3) is 6.08 Å². The van der Waals surface area contributed by atoms with E-state index in [2.05, 4.69) is 15.4 Å². The molecule has 1 fully saturated rings. The summed E-state index contributed by atoms with van der Waals surface area (Å²) in [6.45, 7) is 10.00. The molecule has 0 saturated carbocycles. The lowest BCUT2D eigenvalue weighted by molar-refractivity contribution is -0.133. The van der Waals surface area contributed by atoms with Gasteiger partial charge in [-0.1, -0.05) is 63.0 Å². The van der Waals surface area contributed by atoms with Crippen molar-refractivity contribution in [3.63, 3.8) is 0 Å². The monoisotopic (exact) mass is 539 g/mol. The Kier molecular flexibility index (Phi) is 17.7. The van der Waals surface area contributed by atoms with Gasteiger partial charge >= 0.3 is 0 Å². The highest BCUT2D eigenvalue weighted by Crippen LogP contribution is 2.13. The van der Waals surface area contributed by atoms with E-state index >= 15 is 0 Å². The van der Waals surface area contributed by atoms with Gasteiger partial charge in [0, 0.05) is 44.0 Å². The molecule has 2 heterocycles. The van der Waals surface area contributed by atoms with Gasteiger partial charge in [0.15, 0.2) is 0 Å². The summed E-state index contributed by atoms with van der Waals surface area (Å²) in [5.41, 5.74) is 2.77. The molecule has 1 aliphatic heterocycles. The molecule has 0 atom stereocenters. The molecule has 0 spiro atoms. The molecule has 1 saturated heterocycles. The summed E-state index contributed by atoms with van der Waals surface area (Å²) in [6, 6.07) is 3.37. The molecule has 0 unspecified atom stereocenters. The van der Waals surface area contributed by atoms with Crippen LogP contribution in [0.2, 0.25) is 5.15 Å². The van der Waals surface area contributed by atoms with Crippen molar-refractivity contribution in [2.45, 2.75) is 41.0 Å². The zero-order chi connectivity index (χ0) is 27.5. The van der Waals surface area contributed by atoms with Crippen LogP contribution in [0.5, 0.6) is 0 Å². The molecule has 7 nitrogen and oxygen atoms in total. The first kappa shape index (κ1) is 33.0. The van der Waals surface area contributed by atoms with Gasteiger partial charge in [0.2, 0.25) is 5.91 Å². The van der Waals surface area contributed by atoms with Crippen LogP contribution in [-0.2, 0) is 9.59 Å². The van der Waals surface area contributed by atoms with Crippen molar-refractivity contribution in [3.8, 4) is 0 Å². The third-order valence-electron chi connectivity index (χ3n) is 4.32. The first-order valence-corrected chi connectivity index (χ1v) is 12.6. The van der Waals surface area contributed by atoms with Gasteiger partial charge in [0.25, 0.3) is 5.91 Å². The van der Waals surface area contributed by atoms with Crippen molar-refractivity contribution in [3.05, 3.63) is 70.4 Å². The number of halogens is 3. The first-order chi connectivity index (χ1) is 17.3. The summed E-state index contributed by atoms with van der Waals surface area (Å²) in [4.78, 5) is 30.2. The lowest BCUT2D eigenvalue weighted by atomic mass is 10.2. The number of allylic oxidation sites excluding steroid dienone is 4. The highest BCUT2D eigenvalue weighted by molar-refractivity contribution is 6.44. The number of hydrogen-bond donors (Lipinski definition) is 1. The Balaban J connectivity index is 0.00000291. The second-order valence-corrected chi connectivity index (χ2v) is 7.45. The van der Waals surface area contributed by atoms with E-state index in [1.807, 2.05) is 27.7 Å². The number of pyridine rings is 1. The number of carbonyl (C=O) groups excluding carboxylic acids is 2. The van der Waals surface area contributed by atoms with Crippen LogP contribution in [0, 0.1) is 0 Å². The topological polar surface area (TPSA) is 77.9 Å². The van der Waals surface area contributed by atoms with Crippen LogP contribution in [-0.4, -0.2) is 59.1 Å².